The normalized spacial score (nSPS) is 11.0. The van der Waals surface area contributed by atoms with Crippen LogP contribution in [0.1, 0.15) is 5.56 Å². The van der Waals surface area contributed by atoms with E-state index in [0.717, 1.165) is 38.6 Å². The average Bonchev–Trinajstić information content (AvgIpc) is 3.01. The Morgan fingerprint density at radius 3 is 2.65 bits per heavy atom. The molecular formula is C20H14ClN2. The largest absolute Gasteiger partial charge is 0.306 e. The van der Waals surface area contributed by atoms with Crippen molar-refractivity contribution in [1.82, 2.24) is 9.38 Å². The third kappa shape index (κ3) is 2.62. The van der Waals surface area contributed by atoms with Crippen LogP contribution in [0.3, 0.4) is 0 Å². The second kappa shape index (κ2) is 5.56. The van der Waals surface area contributed by atoms with Crippen molar-refractivity contribution in [3.8, 4) is 22.4 Å². The molecule has 0 amide bonds. The van der Waals surface area contributed by atoms with Crippen LogP contribution in [0.25, 0.3) is 28.0 Å². The van der Waals surface area contributed by atoms with Crippen molar-refractivity contribution in [2.24, 2.45) is 0 Å². The molecular weight excluding hydrogens is 304 g/mol. The molecule has 0 spiro atoms. The van der Waals surface area contributed by atoms with Crippen molar-refractivity contribution < 1.29 is 0 Å². The highest BCUT2D eigenvalue weighted by Gasteiger charge is 2.07. The lowest BCUT2D eigenvalue weighted by Crippen LogP contribution is -1.84. The Bertz CT molecular complexity index is 987. The molecule has 0 aliphatic carbocycles. The van der Waals surface area contributed by atoms with Crippen LogP contribution in [0.4, 0.5) is 0 Å². The number of pyridine rings is 1. The highest BCUT2D eigenvalue weighted by molar-refractivity contribution is 6.31. The first-order valence-electron chi connectivity index (χ1n) is 7.42. The molecule has 4 aromatic rings. The first-order chi connectivity index (χ1) is 11.2. The zero-order valence-electron chi connectivity index (χ0n) is 12.6. The van der Waals surface area contributed by atoms with E-state index in [0.29, 0.717) is 0 Å². The predicted octanol–water partition coefficient (Wildman–Crippen LogP) is 5.43. The molecule has 111 valence electrons. The second-order valence-corrected chi connectivity index (χ2v) is 5.97. The summed E-state index contributed by atoms with van der Waals surface area (Å²) in [6.07, 6.45) is 4.14. The summed E-state index contributed by atoms with van der Waals surface area (Å²) in [6, 6.07) is 21.2. The molecule has 2 aromatic heterocycles. The van der Waals surface area contributed by atoms with E-state index >= 15 is 0 Å². The van der Waals surface area contributed by atoms with Crippen molar-refractivity contribution in [3.05, 3.63) is 83.6 Å². The summed E-state index contributed by atoms with van der Waals surface area (Å²) < 4.78 is 2.06. The molecule has 0 unspecified atom stereocenters. The fourth-order valence-corrected chi connectivity index (χ4v) is 2.80. The van der Waals surface area contributed by atoms with Crippen LogP contribution in [-0.2, 0) is 0 Å². The summed E-state index contributed by atoms with van der Waals surface area (Å²) in [5.41, 5.74) is 6.29. The van der Waals surface area contributed by atoms with Gasteiger partial charge in [0.25, 0.3) is 0 Å². The molecule has 0 aliphatic rings. The quantitative estimate of drug-likeness (QED) is 0.482. The molecule has 0 aliphatic heterocycles. The van der Waals surface area contributed by atoms with Crippen LogP contribution in [-0.4, -0.2) is 9.38 Å². The minimum atomic E-state index is 0.778. The van der Waals surface area contributed by atoms with Gasteiger partial charge in [0, 0.05) is 23.0 Å². The number of fused-ring (bicyclic) bond motifs is 1. The molecule has 1 radical (unpaired) electrons. The smallest absolute Gasteiger partial charge is 0.137 e. The SMILES string of the molecule is Cc1cc(-c2cn3cc(-c4c[c]ccc4)ccc3n2)ccc1Cl. The third-order valence-electron chi connectivity index (χ3n) is 3.95. The minimum absolute atomic E-state index is 0.778. The molecule has 2 nitrogen and oxygen atoms in total. The van der Waals surface area contributed by atoms with Gasteiger partial charge in [-0.05, 0) is 60.0 Å². The van der Waals surface area contributed by atoms with Gasteiger partial charge in [-0.1, -0.05) is 35.9 Å². The molecule has 0 bridgehead atoms. The summed E-state index contributed by atoms with van der Waals surface area (Å²) >= 11 is 6.11. The summed E-state index contributed by atoms with van der Waals surface area (Å²) in [4.78, 5) is 4.70. The average molecular weight is 318 g/mol. The van der Waals surface area contributed by atoms with Gasteiger partial charge in [0.2, 0.25) is 0 Å². The Morgan fingerprint density at radius 2 is 1.87 bits per heavy atom. The van der Waals surface area contributed by atoms with Gasteiger partial charge in [-0.25, -0.2) is 4.98 Å². The molecule has 0 fully saturated rings. The monoisotopic (exact) mass is 317 g/mol. The fourth-order valence-electron chi connectivity index (χ4n) is 2.68. The van der Waals surface area contributed by atoms with Gasteiger partial charge in [0.05, 0.1) is 5.69 Å². The minimum Gasteiger partial charge on any atom is -0.306 e. The van der Waals surface area contributed by atoms with Crippen LogP contribution in [0.2, 0.25) is 5.02 Å². The topological polar surface area (TPSA) is 17.3 Å². The maximum Gasteiger partial charge on any atom is 0.137 e. The maximum atomic E-state index is 6.11. The van der Waals surface area contributed by atoms with Crippen molar-refractivity contribution in [3.63, 3.8) is 0 Å². The molecule has 3 heteroatoms. The zero-order valence-corrected chi connectivity index (χ0v) is 13.4. The van der Waals surface area contributed by atoms with Crippen molar-refractivity contribution in [1.29, 1.82) is 0 Å². The molecule has 0 N–H and O–H groups in total. The number of nitrogens with zero attached hydrogens (tertiary/aromatic N) is 2. The number of halogens is 1. The number of imidazole rings is 1. The summed E-state index contributed by atoms with van der Waals surface area (Å²) in [6.45, 7) is 2.01. The van der Waals surface area contributed by atoms with Gasteiger partial charge in [0.15, 0.2) is 0 Å². The summed E-state index contributed by atoms with van der Waals surface area (Å²) in [5.74, 6) is 0. The number of benzene rings is 2. The van der Waals surface area contributed by atoms with Gasteiger partial charge in [-0.3, -0.25) is 0 Å². The van der Waals surface area contributed by atoms with E-state index in [-0.39, 0.29) is 0 Å². The zero-order chi connectivity index (χ0) is 15.8. The Kier molecular flexibility index (Phi) is 3.40. The first kappa shape index (κ1) is 14.0. The van der Waals surface area contributed by atoms with Crippen LogP contribution in [0.15, 0.2) is 67.0 Å². The van der Waals surface area contributed by atoms with Crippen molar-refractivity contribution >= 4 is 17.2 Å². The van der Waals surface area contributed by atoms with Gasteiger partial charge < -0.3 is 4.40 Å². The molecule has 4 rings (SSSR count). The van der Waals surface area contributed by atoms with Gasteiger partial charge in [-0.2, -0.15) is 0 Å². The van der Waals surface area contributed by atoms with Crippen LogP contribution >= 0.6 is 11.6 Å². The number of hydrogen-bond acceptors (Lipinski definition) is 1. The maximum absolute atomic E-state index is 6.11. The van der Waals surface area contributed by atoms with E-state index in [9.17, 15) is 0 Å². The molecule has 23 heavy (non-hydrogen) atoms. The first-order valence-corrected chi connectivity index (χ1v) is 7.80. The van der Waals surface area contributed by atoms with E-state index in [4.69, 9.17) is 16.6 Å². The van der Waals surface area contributed by atoms with Crippen LogP contribution < -0.4 is 0 Å². The van der Waals surface area contributed by atoms with Gasteiger partial charge >= 0.3 is 0 Å². The second-order valence-electron chi connectivity index (χ2n) is 5.57. The summed E-state index contributed by atoms with van der Waals surface area (Å²) in [7, 11) is 0. The highest BCUT2D eigenvalue weighted by Crippen LogP contribution is 2.26. The number of hydrogen-bond donors (Lipinski definition) is 0. The van der Waals surface area contributed by atoms with Crippen molar-refractivity contribution in [2.75, 3.05) is 0 Å². The van der Waals surface area contributed by atoms with Crippen LogP contribution in [0, 0.1) is 13.0 Å². The van der Waals surface area contributed by atoms with Crippen molar-refractivity contribution in [2.45, 2.75) is 6.92 Å². The Balaban J connectivity index is 1.80. The van der Waals surface area contributed by atoms with Gasteiger partial charge in [-0.15, -0.1) is 0 Å². The number of aromatic nitrogens is 2. The molecule has 2 heterocycles. The molecule has 2 aromatic carbocycles. The molecule has 0 saturated heterocycles. The van der Waals surface area contributed by atoms with E-state index in [1.165, 1.54) is 0 Å². The van der Waals surface area contributed by atoms with Crippen LogP contribution in [0.5, 0.6) is 0 Å². The standard InChI is InChI=1S/C20H14ClN2/c1-14-11-16(7-9-18(14)21)19-13-23-12-17(8-10-20(23)22-19)15-5-3-2-4-6-15/h2-3,5-13H,1H3. The van der Waals surface area contributed by atoms with E-state index in [1.807, 2.05) is 49.5 Å². The van der Waals surface area contributed by atoms with Gasteiger partial charge in [0.1, 0.15) is 5.65 Å². The van der Waals surface area contributed by atoms with E-state index < -0.39 is 0 Å². The number of rotatable bonds is 2. The Hall–Kier alpha value is -2.58. The van der Waals surface area contributed by atoms with E-state index in [1.54, 1.807) is 0 Å². The molecule has 0 atom stereocenters. The molecule has 0 saturated carbocycles. The predicted molar refractivity (Wildman–Crippen MR) is 94.6 cm³/mol. The Morgan fingerprint density at radius 1 is 1.00 bits per heavy atom. The van der Waals surface area contributed by atoms with E-state index in [2.05, 4.69) is 34.9 Å². The lowest BCUT2D eigenvalue weighted by Gasteiger charge is -2.01. The summed E-state index contributed by atoms with van der Waals surface area (Å²) in [5, 5.41) is 0.778. The number of aryl methyl sites for hydroxylation is 1. The lowest BCUT2D eigenvalue weighted by atomic mass is 10.1. The third-order valence-corrected chi connectivity index (χ3v) is 4.37. The lowest BCUT2D eigenvalue weighted by molar-refractivity contribution is 1.19. The Labute approximate surface area is 140 Å². The fraction of sp³-hybridized carbons (Fsp3) is 0.0500. The highest BCUT2D eigenvalue weighted by atomic mass is 35.5.